The van der Waals surface area contributed by atoms with Crippen LogP contribution in [0.5, 0.6) is 0 Å². The van der Waals surface area contributed by atoms with Crippen molar-refractivity contribution in [3.63, 3.8) is 0 Å². The van der Waals surface area contributed by atoms with Gasteiger partial charge in [-0.2, -0.15) is 6.08 Å². The fraction of sp³-hybridized carbons (Fsp3) is 0.250. The summed E-state index contributed by atoms with van der Waals surface area (Å²) in [5, 5.41) is 0. The molecule has 1 aliphatic carbocycles. The average Bonchev–Trinajstić information content (AvgIpc) is 2.43. The zero-order valence-electron chi connectivity index (χ0n) is 8.09. The monoisotopic (exact) mass is 285 g/mol. The molecule has 0 heterocycles. The van der Waals surface area contributed by atoms with E-state index in [9.17, 15) is 0 Å². The Morgan fingerprint density at radius 1 is 1.27 bits per heavy atom. The largest absolute Gasteiger partial charge is 2.00 e. The molecule has 1 aliphatic rings. The van der Waals surface area contributed by atoms with Crippen LogP contribution in [0, 0.1) is 6.08 Å². The molecule has 0 unspecified atom stereocenters. The Hall–Kier alpha value is -0.286. The molecule has 7 heteroatoms. The molecule has 4 nitrogen and oxygen atoms in total. The van der Waals surface area contributed by atoms with Crippen molar-refractivity contribution in [2.24, 2.45) is 0 Å². The molecular weight excluding hydrogens is 275 g/mol. The van der Waals surface area contributed by atoms with E-state index in [0.29, 0.717) is 0 Å². The SMILES string of the molecule is CC1=[C-]CC=C1.[Cl-].[Cl-].[NH-]C=O.[NH-]C=O.[Ti+2]. The first-order valence-electron chi connectivity index (χ1n) is 3.18. The minimum atomic E-state index is 0. The van der Waals surface area contributed by atoms with Gasteiger partial charge in [-0.1, -0.05) is 6.92 Å². The number of nitrogens with one attached hydrogen (secondary N) is 2. The van der Waals surface area contributed by atoms with E-state index in [1.165, 1.54) is 5.57 Å². The number of allylic oxidation sites excluding steroid dienone is 4. The van der Waals surface area contributed by atoms with Crippen molar-refractivity contribution >= 4 is 12.8 Å². The molecule has 2 amide bonds. The van der Waals surface area contributed by atoms with Crippen molar-refractivity contribution in [3.8, 4) is 0 Å². The van der Waals surface area contributed by atoms with Crippen LogP contribution in [0.25, 0.3) is 11.5 Å². The van der Waals surface area contributed by atoms with Gasteiger partial charge in [-0.05, 0) is 0 Å². The van der Waals surface area contributed by atoms with E-state index in [-0.39, 0.29) is 59.4 Å². The number of amides is 2. The second-order valence-electron chi connectivity index (χ2n) is 1.70. The van der Waals surface area contributed by atoms with E-state index in [0.717, 1.165) is 6.42 Å². The molecule has 0 radical (unpaired) electrons. The van der Waals surface area contributed by atoms with Gasteiger partial charge in [0.15, 0.2) is 0 Å². The van der Waals surface area contributed by atoms with E-state index in [1.54, 1.807) is 0 Å². The molecule has 0 aromatic heterocycles. The summed E-state index contributed by atoms with van der Waals surface area (Å²) in [5.41, 5.74) is 12.3. The van der Waals surface area contributed by atoms with Crippen LogP contribution in [0.2, 0.25) is 0 Å². The Labute approximate surface area is 117 Å². The van der Waals surface area contributed by atoms with Crippen molar-refractivity contribution in [1.29, 1.82) is 0 Å². The first-order valence-corrected chi connectivity index (χ1v) is 3.18. The van der Waals surface area contributed by atoms with Crippen LogP contribution in [0.1, 0.15) is 13.3 Å². The van der Waals surface area contributed by atoms with Gasteiger partial charge in [0.2, 0.25) is 0 Å². The number of carbonyl (C=O) groups is 2. The van der Waals surface area contributed by atoms with Crippen LogP contribution in [0.15, 0.2) is 17.7 Å². The number of hydrogen-bond acceptors (Lipinski definition) is 2. The summed E-state index contributed by atoms with van der Waals surface area (Å²) in [6.45, 7) is 2.06. The Bertz CT molecular complexity index is 179. The molecular formula is C8H11Cl2N2O2Ti-3. The summed E-state index contributed by atoms with van der Waals surface area (Å²) in [6.07, 6.45) is 8.33. The molecule has 0 atom stereocenters. The molecule has 0 spiro atoms. The fourth-order valence-corrected chi connectivity index (χ4v) is 0.515. The third kappa shape index (κ3) is 41.7. The third-order valence-electron chi connectivity index (χ3n) is 0.867. The Kier molecular flexibility index (Phi) is 57.1. The van der Waals surface area contributed by atoms with Crippen LogP contribution in [0.4, 0.5) is 0 Å². The second-order valence-corrected chi connectivity index (χ2v) is 1.70. The zero-order valence-corrected chi connectivity index (χ0v) is 11.2. The quantitative estimate of drug-likeness (QED) is 0.259. The average molecular weight is 286 g/mol. The van der Waals surface area contributed by atoms with Crippen LogP contribution >= 0.6 is 0 Å². The van der Waals surface area contributed by atoms with Crippen LogP contribution in [-0.4, -0.2) is 12.8 Å². The van der Waals surface area contributed by atoms with Crippen molar-refractivity contribution < 1.29 is 56.1 Å². The molecule has 0 bridgehead atoms. The second kappa shape index (κ2) is 29.2. The van der Waals surface area contributed by atoms with E-state index in [1.807, 2.05) is 0 Å². The fourth-order valence-electron chi connectivity index (χ4n) is 0.515. The van der Waals surface area contributed by atoms with E-state index in [4.69, 9.17) is 21.1 Å². The number of hydrogen-bond donors (Lipinski definition) is 0. The molecule has 0 saturated carbocycles. The summed E-state index contributed by atoms with van der Waals surface area (Å²) in [4.78, 5) is 16.9. The summed E-state index contributed by atoms with van der Waals surface area (Å²) in [5.74, 6) is 0. The van der Waals surface area contributed by atoms with Crippen LogP contribution in [-0.2, 0) is 31.3 Å². The van der Waals surface area contributed by atoms with Crippen molar-refractivity contribution in [2.75, 3.05) is 0 Å². The van der Waals surface area contributed by atoms with Crippen LogP contribution < -0.4 is 24.8 Å². The van der Waals surface area contributed by atoms with Gasteiger partial charge in [0, 0.05) is 12.8 Å². The van der Waals surface area contributed by atoms with Gasteiger partial charge < -0.3 is 45.9 Å². The maximum atomic E-state index is 8.47. The summed E-state index contributed by atoms with van der Waals surface area (Å²) in [7, 11) is 0. The minimum Gasteiger partial charge on any atom is -1.00 e. The maximum absolute atomic E-state index is 8.47. The maximum Gasteiger partial charge on any atom is 2.00 e. The Morgan fingerprint density at radius 2 is 1.60 bits per heavy atom. The molecule has 0 aromatic rings. The predicted molar refractivity (Wildman–Crippen MR) is 47.0 cm³/mol. The van der Waals surface area contributed by atoms with E-state index in [2.05, 4.69) is 25.2 Å². The molecule has 2 N–H and O–H groups in total. The number of rotatable bonds is 0. The van der Waals surface area contributed by atoms with Gasteiger partial charge in [-0.25, -0.2) is 11.6 Å². The first-order chi connectivity index (χ1) is 5.72. The molecule has 1 rings (SSSR count). The van der Waals surface area contributed by atoms with Gasteiger partial charge in [-0.15, -0.1) is 6.42 Å². The smallest absolute Gasteiger partial charge is 1.00 e. The molecule has 0 fully saturated rings. The van der Waals surface area contributed by atoms with Gasteiger partial charge >= 0.3 is 21.7 Å². The first kappa shape index (κ1) is 29.3. The number of halogens is 2. The molecule has 0 aromatic carbocycles. The summed E-state index contributed by atoms with van der Waals surface area (Å²) in [6, 6.07) is 0. The van der Waals surface area contributed by atoms with Crippen molar-refractivity contribution in [3.05, 3.63) is 35.3 Å². The minimum absolute atomic E-state index is 0. The standard InChI is InChI=1S/C6H7.2CH3NO.2ClH.Ti/c1-6-4-2-3-5-6;2*2-1-3;;;/h2,4H,3H2,1H3;2*1H,(H2,2,3);2*1H;/q-1;;;;;+2/p-4. The van der Waals surface area contributed by atoms with Crippen molar-refractivity contribution in [1.82, 2.24) is 0 Å². The van der Waals surface area contributed by atoms with E-state index < -0.39 is 0 Å². The molecule has 0 aliphatic heterocycles. The summed E-state index contributed by atoms with van der Waals surface area (Å²) >= 11 is 0. The Morgan fingerprint density at radius 3 is 1.67 bits per heavy atom. The van der Waals surface area contributed by atoms with Gasteiger partial charge in [0.1, 0.15) is 0 Å². The van der Waals surface area contributed by atoms with Crippen molar-refractivity contribution in [2.45, 2.75) is 13.3 Å². The van der Waals surface area contributed by atoms with E-state index >= 15 is 0 Å². The van der Waals surface area contributed by atoms with Gasteiger partial charge in [0.05, 0.1) is 0 Å². The molecule has 0 saturated heterocycles. The normalized spacial score (nSPS) is 9.00. The topological polar surface area (TPSA) is 81.7 Å². The molecule has 15 heavy (non-hydrogen) atoms. The van der Waals surface area contributed by atoms with Gasteiger partial charge in [0.25, 0.3) is 0 Å². The van der Waals surface area contributed by atoms with Gasteiger partial charge in [-0.3, -0.25) is 6.08 Å². The Balaban J connectivity index is -0.0000000333. The third-order valence-corrected chi connectivity index (χ3v) is 0.867. The zero-order chi connectivity index (χ0) is 9.82. The molecule has 86 valence electrons. The van der Waals surface area contributed by atoms with Crippen LogP contribution in [0.3, 0.4) is 0 Å². The predicted octanol–water partition coefficient (Wildman–Crippen LogP) is -3.91. The summed E-state index contributed by atoms with van der Waals surface area (Å²) < 4.78 is 0. The number of carbonyl (C=O) groups excluding carboxylic acids is 2.